The Balaban J connectivity index is 1.84. The van der Waals surface area contributed by atoms with Crippen LogP contribution in [0, 0.1) is 0 Å². The first-order chi connectivity index (χ1) is 12.0. The quantitative estimate of drug-likeness (QED) is 0.746. The Labute approximate surface area is 152 Å². The maximum atomic E-state index is 10.1. The van der Waals surface area contributed by atoms with Crippen molar-refractivity contribution in [3.63, 3.8) is 0 Å². The Hall–Kier alpha value is -1.67. The second-order valence-electron chi connectivity index (χ2n) is 6.47. The van der Waals surface area contributed by atoms with E-state index in [0.717, 1.165) is 5.57 Å². The summed E-state index contributed by atoms with van der Waals surface area (Å²) in [4.78, 5) is 10.5. The molecular formula is C17H23ClN4O3. The van der Waals surface area contributed by atoms with Crippen molar-refractivity contribution < 1.29 is 14.9 Å². The molecule has 2 aliphatic rings. The lowest BCUT2D eigenvalue weighted by Crippen LogP contribution is -2.42. The molecule has 2 aliphatic heterocycles. The fourth-order valence-electron chi connectivity index (χ4n) is 2.86. The summed E-state index contributed by atoms with van der Waals surface area (Å²) in [5.41, 5.74) is 1.37. The molecule has 1 unspecified atom stereocenters. The average molecular weight is 367 g/mol. The van der Waals surface area contributed by atoms with Crippen molar-refractivity contribution >= 4 is 23.1 Å². The van der Waals surface area contributed by atoms with Crippen LogP contribution in [-0.2, 0) is 4.74 Å². The molecule has 3 heterocycles. The van der Waals surface area contributed by atoms with E-state index in [4.69, 9.17) is 16.3 Å². The van der Waals surface area contributed by atoms with Crippen LogP contribution < -0.4 is 5.32 Å². The summed E-state index contributed by atoms with van der Waals surface area (Å²) in [7, 11) is 0. The van der Waals surface area contributed by atoms with Gasteiger partial charge >= 0.3 is 0 Å². The number of ether oxygens (including phenoxy) is 1. The Morgan fingerprint density at radius 3 is 2.92 bits per heavy atom. The monoisotopic (exact) mass is 366 g/mol. The van der Waals surface area contributed by atoms with Gasteiger partial charge in [-0.1, -0.05) is 17.7 Å². The minimum atomic E-state index is -0.667. The van der Waals surface area contributed by atoms with Crippen molar-refractivity contribution in [1.29, 1.82) is 0 Å². The summed E-state index contributed by atoms with van der Waals surface area (Å²) in [6.45, 7) is 4.88. The highest BCUT2D eigenvalue weighted by molar-refractivity contribution is 6.32. The molecular weight excluding hydrogens is 344 g/mol. The van der Waals surface area contributed by atoms with Crippen molar-refractivity contribution in [2.45, 2.75) is 44.7 Å². The van der Waals surface area contributed by atoms with Crippen molar-refractivity contribution in [1.82, 2.24) is 14.9 Å². The van der Waals surface area contributed by atoms with Gasteiger partial charge in [-0.15, -0.1) is 0 Å². The topological polar surface area (TPSA) is 90.7 Å². The lowest BCUT2D eigenvalue weighted by molar-refractivity contribution is -0.0136. The van der Waals surface area contributed by atoms with Crippen LogP contribution in [0.15, 0.2) is 24.5 Å². The number of allylic oxidation sites excluding steroid dienone is 2. The van der Waals surface area contributed by atoms with E-state index >= 15 is 0 Å². The molecule has 1 aromatic heterocycles. The van der Waals surface area contributed by atoms with Crippen LogP contribution in [0.5, 0.6) is 0 Å². The number of rotatable bonds is 4. The Bertz CT molecular complexity index is 680. The summed E-state index contributed by atoms with van der Waals surface area (Å²) in [5, 5.41) is 23.6. The zero-order valence-electron chi connectivity index (χ0n) is 14.3. The van der Waals surface area contributed by atoms with Crippen LogP contribution in [0.25, 0.3) is 5.57 Å². The molecule has 8 heteroatoms. The van der Waals surface area contributed by atoms with Crippen LogP contribution >= 0.6 is 11.6 Å². The molecule has 0 bridgehead atoms. The van der Waals surface area contributed by atoms with Gasteiger partial charge in [0, 0.05) is 24.4 Å². The zero-order valence-corrected chi connectivity index (χ0v) is 15.0. The number of aliphatic hydroxyl groups is 2. The molecule has 0 amide bonds. The smallest absolute Gasteiger partial charge is 0.223 e. The number of nitrogens with zero attached hydrogens (tertiary/aromatic N) is 3. The molecule has 1 fully saturated rings. The van der Waals surface area contributed by atoms with Crippen LogP contribution in [0.4, 0.5) is 5.95 Å². The van der Waals surface area contributed by atoms with E-state index in [2.05, 4.69) is 15.3 Å². The third kappa shape index (κ3) is 4.12. The van der Waals surface area contributed by atoms with Crippen LogP contribution in [0.2, 0.25) is 5.02 Å². The minimum Gasteiger partial charge on any atom is -0.389 e. The zero-order chi connectivity index (χ0) is 18.0. The summed E-state index contributed by atoms with van der Waals surface area (Å²) in [6, 6.07) is -0.0295. The van der Waals surface area contributed by atoms with Crippen LogP contribution in [0.1, 0.15) is 26.0 Å². The highest BCUT2D eigenvalue weighted by atomic mass is 35.5. The van der Waals surface area contributed by atoms with E-state index in [0.29, 0.717) is 36.3 Å². The fourth-order valence-corrected chi connectivity index (χ4v) is 3.06. The van der Waals surface area contributed by atoms with E-state index in [1.54, 1.807) is 12.2 Å². The second-order valence-corrected chi connectivity index (χ2v) is 6.88. The highest BCUT2D eigenvalue weighted by Crippen LogP contribution is 2.28. The van der Waals surface area contributed by atoms with E-state index in [9.17, 15) is 10.2 Å². The van der Waals surface area contributed by atoms with Crippen molar-refractivity contribution in [3.8, 4) is 0 Å². The van der Waals surface area contributed by atoms with Crippen molar-refractivity contribution in [3.05, 3.63) is 35.3 Å². The third-order valence-electron chi connectivity index (χ3n) is 4.30. The average Bonchev–Trinajstić information content (AvgIpc) is 2.59. The number of aliphatic hydroxyl groups excluding tert-OH is 2. The molecule has 0 spiro atoms. The van der Waals surface area contributed by atoms with Gasteiger partial charge in [-0.3, -0.25) is 0 Å². The largest absolute Gasteiger partial charge is 0.389 e. The molecule has 0 aliphatic carbocycles. The summed E-state index contributed by atoms with van der Waals surface area (Å²) >= 11 is 6.29. The van der Waals surface area contributed by atoms with Gasteiger partial charge < -0.3 is 25.2 Å². The predicted octanol–water partition coefficient (Wildman–Crippen LogP) is 1.63. The lowest BCUT2D eigenvalue weighted by atomic mass is 10.1. The first kappa shape index (κ1) is 18.1. The molecule has 0 saturated carbocycles. The van der Waals surface area contributed by atoms with Gasteiger partial charge in [-0.05, 0) is 26.3 Å². The normalized spacial score (nSPS) is 26.7. The molecule has 0 radical (unpaired) electrons. The summed E-state index contributed by atoms with van der Waals surface area (Å²) in [6.07, 6.45) is 6.29. The van der Waals surface area contributed by atoms with Gasteiger partial charge in [0.05, 0.1) is 35.7 Å². The van der Waals surface area contributed by atoms with Gasteiger partial charge in [0.25, 0.3) is 0 Å². The van der Waals surface area contributed by atoms with E-state index in [1.807, 2.05) is 24.9 Å². The maximum absolute atomic E-state index is 10.1. The highest BCUT2D eigenvalue weighted by Gasteiger charge is 2.25. The van der Waals surface area contributed by atoms with E-state index < -0.39 is 12.3 Å². The second kappa shape index (κ2) is 7.70. The van der Waals surface area contributed by atoms with Crippen molar-refractivity contribution in [2.24, 2.45) is 0 Å². The number of hydrogen-bond acceptors (Lipinski definition) is 7. The number of aromatic nitrogens is 2. The molecule has 1 aromatic rings. The molecule has 25 heavy (non-hydrogen) atoms. The lowest BCUT2D eigenvalue weighted by Gasteiger charge is -2.32. The van der Waals surface area contributed by atoms with Gasteiger partial charge in [0.2, 0.25) is 5.95 Å². The molecule has 3 rings (SSSR count). The van der Waals surface area contributed by atoms with E-state index in [1.165, 1.54) is 6.20 Å². The van der Waals surface area contributed by atoms with Gasteiger partial charge in [0.1, 0.15) is 6.23 Å². The standard InChI is InChI=1S/C17H23ClN4O3/c1-10(2)22-8-11(3-4-15(22)24)16-12(18)7-19-17(21-16)20-13-5-6-25-9-14(13)23/h3-4,7-8,10,13-15,23-24H,5-6,9H2,1-2H3,(H,19,20,21)/t13-,14-,15?/m1/s1. The summed E-state index contributed by atoms with van der Waals surface area (Å²) < 4.78 is 5.23. The third-order valence-corrected chi connectivity index (χ3v) is 4.57. The fraction of sp³-hybridized carbons (Fsp3) is 0.529. The SMILES string of the molecule is CC(C)N1C=C(c2nc(N[C@@H]3CCOC[C@H]3O)ncc2Cl)C=CC1O. The number of halogens is 1. The Morgan fingerprint density at radius 2 is 2.20 bits per heavy atom. The van der Waals surface area contributed by atoms with E-state index in [-0.39, 0.29) is 12.1 Å². The Morgan fingerprint density at radius 1 is 1.40 bits per heavy atom. The summed E-state index contributed by atoms with van der Waals surface area (Å²) in [5.74, 6) is 0.405. The molecule has 3 N–H and O–H groups in total. The molecule has 7 nitrogen and oxygen atoms in total. The molecule has 3 atom stereocenters. The van der Waals surface area contributed by atoms with Gasteiger partial charge in [-0.2, -0.15) is 0 Å². The van der Waals surface area contributed by atoms with Crippen molar-refractivity contribution in [2.75, 3.05) is 18.5 Å². The number of nitrogens with one attached hydrogen (secondary N) is 1. The number of hydrogen-bond donors (Lipinski definition) is 3. The van der Waals surface area contributed by atoms with Crippen LogP contribution in [-0.4, -0.2) is 62.7 Å². The minimum absolute atomic E-state index is 0.130. The molecule has 136 valence electrons. The predicted molar refractivity (Wildman–Crippen MR) is 96.0 cm³/mol. The first-order valence-electron chi connectivity index (χ1n) is 8.36. The molecule has 1 saturated heterocycles. The van der Waals surface area contributed by atoms with Gasteiger partial charge in [0.15, 0.2) is 0 Å². The number of anilines is 1. The first-order valence-corrected chi connectivity index (χ1v) is 8.74. The maximum Gasteiger partial charge on any atom is 0.223 e. The van der Waals surface area contributed by atoms with Crippen LogP contribution in [0.3, 0.4) is 0 Å². The van der Waals surface area contributed by atoms with Gasteiger partial charge in [-0.25, -0.2) is 9.97 Å². The Kier molecular flexibility index (Phi) is 5.58. The molecule has 0 aromatic carbocycles.